The number of aromatic nitrogens is 4. The van der Waals surface area contributed by atoms with E-state index in [4.69, 9.17) is 0 Å². The first-order valence-electron chi connectivity index (χ1n) is 4.60. The summed E-state index contributed by atoms with van der Waals surface area (Å²) in [5, 5.41) is 9.78. The molecule has 2 heterocycles. The van der Waals surface area contributed by atoms with E-state index in [1.807, 2.05) is 6.07 Å². The first kappa shape index (κ1) is 11.7. The minimum atomic E-state index is 0.643. The zero-order chi connectivity index (χ0) is 11.4. The highest BCUT2D eigenvalue weighted by Crippen LogP contribution is 2.19. The number of halogens is 2. The number of pyridine rings is 1. The van der Waals surface area contributed by atoms with Crippen molar-refractivity contribution in [2.24, 2.45) is 0 Å². The van der Waals surface area contributed by atoms with Gasteiger partial charge in [-0.05, 0) is 37.9 Å². The molecule has 0 saturated carbocycles. The van der Waals surface area contributed by atoms with Crippen LogP contribution in [0.15, 0.2) is 27.5 Å². The molecule has 0 saturated heterocycles. The van der Waals surface area contributed by atoms with Gasteiger partial charge in [-0.2, -0.15) is 5.10 Å². The van der Waals surface area contributed by atoms with Crippen molar-refractivity contribution in [3.05, 3.63) is 39.1 Å². The van der Waals surface area contributed by atoms with Crippen LogP contribution in [-0.4, -0.2) is 20.2 Å². The molecule has 0 aliphatic heterocycles. The van der Waals surface area contributed by atoms with E-state index >= 15 is 0 Å². The molecule has 2 rings (SSSR count). The fraction of sp³-hybridized carbons (Fsp3) is 0.222. The summed E-state index contributed by atoms with van der Waals surface area (Å²) in [6.45, 7) is 1.32. The molecule has 0 radical (unpaired) electrons. The Morgan fingerprint density at radius 2 is 2.12 bits per heavy atom. The van der Waals surface area contributed by atoms with Crippen LogP contribution in [0.5, 0.6) is 0 Å². The van der Waals surface area contributed by atoms with Gasteiger partial charge in [-0.25, -0.2) is 4.98 Å². The SMILES string of the molecule is Brc1cnc(CNCc2ncn[nH]2)c(Br)c1. The van der Waals surface area contributed by atoms with Gasteiger partial charge in [0.25, 0.3) is 0 Å². The van der Waals surface area contributed by atoms with E-state index in [0.717, 1.165) is 20.5 Å². The number of aromatic amines is 1. The molecule has 0 aliphatic rings. The van der Waals surface area contributed by atoms with Crippen molar-refractivity contribution in [1.82, 2.24) is 25.5 Å². The van der Waals surface area contributed by atoms with Crippen LogP contribution in [0, 0.1) is 0 Å². The number of H-pyrrole nitrogens is 1. The summed E-state index contributed by atoms with van der Waals surface area (Å²) in [4.78, 5) is 8.31. The molecule has 0 aromatic carbocycles. The van der Waals surface area contributed by atoms with Crippen LogP contribution in [-0.2, 0) is 13.1 Å². The Balaban J connectivity index is 1.90. The van der Waals surface area contributed by atoms with Crippen LogP contribution in [0.3, 0.4) is 0 Å². The van der Waals surface area contributed by atoms with E-state index in [1.54, 1.807) is 6.20 Å². The summed E-state index contributed by atoms with van der Waals surface area (Å²) < 4.78 is 1.94. The fourth-order valence-electron chi connectivity index (χ4n) is 1.19. The monoisotopic (exact) mass is 345 g/mol. The fourth-order valence-corrected chi connectivity index (χ4v) is 2.32. The second-order valence-electron chi connectivity index (χ2n) is 3.12. The molecule has 5 nitrogen and oxygen atoms in total. The highest BCUT2D eigenvalue weighted by atomic mass is 79.9. The lowest BCUT2D eigenvalue weighted by Crippen LogP contribution is -2.15. The molecule has 0 bridgehead atoms. The highest BCUT2D eigenvalue weighted by molar-refractivity contribution is 9.11. The minimum Gasteiger partial charge on any atom is -0.304 e. The van der Waals surface area contributed by atoms with E-state index in [9.17, 15) is 0 Å². The molecule has 2 N–H and O–H groups in total. The molecule has 2 aromatic rings. The van der Waals surface area contributed by atoms with Gasteiger partial charge in [-0.3, -0.25) is 10.1 Å². The first-order chi connectivity index (χ1) is 7.75. The van der Waals surface area contributed by atoms with Gasteiger partial charge in [0, 0.05) is 21.7 Å². The van der Waals surface area contributed by atoms with Gasteiger partial charge in [0.05, 0.1) is 12.2 Å². The predicted octanol–water partition coefficient (Wildman–Crippen LogP) is 2.01. The van der Waals surface area contributed by atoms with Crippen molar-refractivity contribution < 1.29 is 0 Å². The van der Waals surface area contributed by atoms with Gasteiger partial charge in [0.1, 0.15) is 12.2 Å². The van der Waals surface area contributed by atoms with Crippen molar-refractivity contribution in [2.45, 2.75) is 13.1 Å². The van der Waals surface area contributed by atoms with Gasteiger partial charge in [0.15, 0.2) is 0 Å². The van der Waals surface area contributed by atoms with Crippen LogP contribution >= 0.6 is 31.9 Å². The predicted molar refractivity (Wildman–Crippen MR) is 66.6 cm³/mol. The molecule has 7 heteroatoms. The van der Waals surface area contributed by atoms with E-state index in [-0.39, 0.29) is 0 Å². The lowest BCUT2D eigenvalue weighted by Gasteiger charge is -2.04. The maximum absolute atomic E-state index is 4.29. The average molecular weight is 347 g/mol. The van der Waals surface area contributed by atoms with Crippen LogP contribution < -0.4 is 5.32 Å². The Labute approximate surface area is 109 Å². The molecule has 0 spiro atoms. The normalized spacial score (nSPS) is 10.6. The summed E-state index contributed by atoms with van der Waals surface area (Å²) in [5.74, 6) is 0.813. The van der Waals surface area contributed by atoms with Crippen molar-refractivity contribution in [3.63, 3.8) is 0 Å². The summed E-state index contributed by atoms with van der Waals surface area (Å²) in [5.41, 5.74) is 0.961. The number of rotatable bonds is 4. The second-order valence-corrected chi connectivity index (χ2v) is 4.89. The van der Waals surface area contributed by atoms with Crippen LogP contribution in [0.1, 0.15) is 11.5 Å². The summed E-state index contributed by atoms with van der Waals surface area (Å²) in [6.07, 6.45) is 3.26. The summed E-state index contributed by atoms with van der Waals surface area (Å²) >= 11 is 6.82. The Bertz CT molecular complexity index is 457. The first-order valence-corrected chi connectivity index (χ1v) is 6.19. The molecule has 0 aliphatic carbocycles. The zero-order valence-electron chi connectivity index (χ0n) is 8.24. The Kier molecular flexibility index (Phi) is 4.03. The lowest BCUT2D eigenvalue weighted by atomic mass is 10.3. The maximum atomic E-state index is 4.29. The van der Waals surface area contributed by atoms with E-state index in [1.165, 1.54) is 6.33 Å². The molecule has 0 unspecified atom stereocenters. The molecular weight excluding hydrogens is 338 g/mol. The van der Waals surface area contributed by atoms with Crippen molar-refractivity contribution in [3.8, 4) is 0 Å². The number of hydrogen-bond acceptors (Lipinski definition) is 4. The standard InChI is InChI=1S/C9H9Br2N5/c10-6-1-7(11)8(13-2-6)3-12-4-9-14-5-15-16-9/h1-2,5,12H,3-4H2,(H,14,15,16). The van der Waals surface area contributed by atoms with Crippen LogP contribution in [0.4, 0.5) is 0 Å². The van der Waals surface area contributed by atoms with Gasteiger partial charge in [-0.1, -0.05) is 0 Å². The highest BCUT2D eigenvalue weighted by Gasteiger charge is 2.02. The van der Waals surface area contributed by atoms with E-state index in [2.05, 4.69) is 57.3 Å². The van der Waals surface area contributed by atoms with Gasteiger partial charge in [0.2, 0.25) is 0 Å². The molecule has 0 fully saturated rings. The average Bonchev–Trinajstić information content (AvgIpc) is 2.74. The van der Waals surface area contributed by atoms with Crippen molar-refractivity contribution in [1.29, 1.82) is 0 Å². The van der Waals surface area contributed by atoms with E-state index < -0.39 is 0 Å². The summed E-state index contributed by atoms with van der Waals surface area (Å²) in [7, 11) is 0. The molecule has 0 amide bonds. The van der Waals surface area contributed by atoms with Crippen LogP contribution in [0.2, 0.25) is 0 Å². The lowest BCUT2D eigenvalue weighted by molar-refractivity contribution is 0.652. The van der Waals surface area contributed by atoms with Crippen molar-refractivity contribution in [2.75, 3.05) is 0 Å². The third kappa shape index (κ3) is 3.10. The summed E-state index contributed by atoms with van der Waals surface area (Å²) in [6, 6.07) is 1.97. The largest absolute Gasteiger partial charge is 0.304 e. The Hall–Kier alpha value is -0.790. The Morgan fingerprint density at radius 3 is 2.81 bits per heavy atom. The molecule has 16 heavy (non-hydrogen) atoms. The van der Waals surface area contributed by atoms with Crippen molar-refractivity contribution >= 4 is 31.9 Å². The Morgan fingerprint density at radius 1 is 1.25 bits per heavy atom. The van der Waals surface area contributed by atoms with E-state index in [0.29, 0.717) is 13.1 Å². The number of nitrogens with one attached hydrogen (secondary N) is 2. The third-order valence-corrected chi connectivity index (χ3v) is 3.05. The van der Waals surface area contributed by atoms with Gasteiger partial charge < -0.3 is 5.32 Å². The third-order valence-electron chi connectivity index (χ3n) is 1.93. The molecular formula is C9H9Br2N5. The maximum Gasteiger partial charge on any atom is 0.138 e. The second kappa shape index (κ2) is 5.51. The number of hydrogen-bond donors (Lipinski definition) is 2. The van der Waals surface area contributed by atoms with Gasteiger partial charge in [-0.15, -0.1) is 0 Å². The molecule has 84 valence electrons. The van der Waals surface area contributed by atoms with Gasteiger partial charge >= 0.3 is 0 Å². The molecule has 2 aromatic heterocycles. The quantitative estimate of drug-likeness (QED) is 0.888. The topological polar surface area (TPSA) is 66.5 Å². The molecule has 0 atom stereocenters. The number of nitrogens with zero attached hydrogens (tertiary/aromatic N) is 3. The minimum absolute atomic E-state index is 0.643. The zero-order valence-corrected chi connectivity index (χ0v) is 11.4. The smallest absolute Gasteiger partial charge is 0.138 e. The van der Waals surface area contributed by atoms with Crippen LogP contribution in [0.25, 0.3) is 0 Å².